The van der Waals surface area contributed by atoms with Gasteiger partial charge >= 0.3 is 0 Å². The van der Waals surface area contributed by atoms with Gasteiger partial charge in [0.1, 0.15) is 17.4 Å². The molecule has 2 aromatic heterocycles. The number of halogens is 1. The Bertz CT molecular complexity index is 777. The van der Waals surface area contributed by atoms with Gasteiger partial charge in [-0.05, 0) is 12.1 Å². The Morgan fingerprint density at radius 2 is 2.30 bits per heavy atom. The zero-order valence-electron chi connectivity index (χ0n) is 9.89. The molecule has 0 bridgehead atoms. The summed E-state index contributed by atoms with van der Waals surface area (Å²) in [6.45, 7) is 0. The summed E-state index contributed by atoms with van der Waals surface area (Å²) in [5.41, 5.74) is 1.04. The van der Waals surface area contributed by atoms with E-state index in [9.17, 15) is 0 Å². The summed E-state index contributed by atoms with van der Waals surface area (Å²) in [6.07, 6.45) is 3.31. The van der Waals surface area contributed by atoms with Crippen LogP contribution in [0, 0.1) is 11.3 Å². The predicted molar refractivity (Wildman–Crippen MR) is 73.3 cm³/mol. The second-order valence-corrected chi connectivity index (χ2v) is 4.79. The second kappa shape index (κ2) is 5.28. The molecule has 3 aromatic rings. The number of rotatable bonds is 3. The Morgan fingerprint density at radius 1 is 1.40 bits per heavy atom. The van der Waals surface area contributed by atoms with Crippen molar-refractivity contribution in [2.45, 2.75) is 0 Å². The van der Waals surface area contributed by atoms with Crippen molar-refractivity contribution >= 4 is 23.1 Å². The van der Waals surface area contributed by atoms with Crippen LogP contribution in [0.4, 0.5) is 0 Å². The molecule has 1 aromatic carbocycles. The van der Waals surface area contributed by atoms with Gasteiger partial charge in [0.05, 0.1) is 18.1 Å². The highest BCUT2D eigenvalue weighted by atomic mass is 35.5. The Morgan fingerprint density at radius 3 is 3.05 bits per heavy atom. The van der Waals surface area contributed by atoms with Gasteiger partial charge in [0, 0.05) is 17.6 Å². The molecular formula is C12H6ClN5OS. The fourth-order valence-corrected chi connectivity index (χ4v) is 2.47. The van der Waals surface area contributed by atoms with Crippen molar-refractivity contribution in [1.82, 2.24) is 19.4 Å². The molecule has 0 unspecified atom stereocenters. The molecule has 0 aliphatic rings. The van der Waals surface area contributed by atoms with Crippen LogP contribution in [0.5, 0.6) is 10.8 Å². The van der Waals surface area contributed by atoms with Gasteiger partial charge in [-0.25, -0.2) is 4.68 Å². The molecule has 6 nitrogen and oxygen atoms in total. The Hall–Kier alpha value is -2.43. The normalized spacial score (nSPS) is 10.2. The molecule has 20 heavy (non-hydrogen) atoms. The minimum atomic E-state index is 0.153. The molecule has 2 heterocycles. The Balaban J connectivity index is 1.92. The van der Waals surface area contributed by atoms with Crippen LogP contribution in [0.25, 0.3) is 5.69 Å². The maximum atomic E-state index is 9.00. The van der Waals surface area contributed by atoms with Gasteiger partial charge in [-0.3, -0.25) is 0 Å². The number of hydrogen-bond donors (Lipinski definition) is 0. The van der Waals surface area contributed by atoms with Gasteiger partial charge in [0.15, 0.2) is 5.15 Å². The van der Waals surface area contributed by atoms with E-state index in [4.69, 9.17) is 21.6 Å². The number of nitrogens with zero attached hydrogens (tertiary/aromatic N) is 5. The summed E-state index contributed by atoms with van der Waals surface area (Å²) in [5.74, 6) is 0.565. The summed E-state index contributed by atoms with van der Waals surface area (Å²) in [7, 11) is 0. The molecular weight excluding hydrogens is 298 g/mol. The van der Waals surface area contributed by atoms with Gasteiger partial charge in [0.2, 0.25) is 5.06 Å². The lowest BCUT2D eigenvalue weighted by molar-refractivity contribution is 0.494. The Kier molecular flexibility index (Phi) is 3.33. The average Bonchev–Trinajstić information content (AvgIpc) is 3.09. The van der Waals surface area contributed by atoms with Crippen LogP contribution in [0.15, 0.2) is 36.7 Å². The highest BCUT2D eigenvalue weighted by molar-refractivity contribution is 7.08. The van der Waals surface area contributed by atoms with Gasteiger partial charge in [-0.15, -0.1) is 5.10 Å². The van der Waals surface area contributed by atoms with E-state index in [1.165, 1.54) is 0 Å². The van der Waals surface area contributed by atoms with Crippen molar-refractivity contribution in [3.63, 3.8) is 0 Å². The molecule has 8 heteroatoms. The summed E-state index contributed by atoms with van der Waals surface area (Å²) >= 11 is 6.84. The monoisotopic (exact) mass is 303 g/mol. The number of hydrogen-bond acceptors (Lipinski definition) is 6. The van der Waals surface area contributed by atoms with Crippen molar-refractivity contribution in [2.75, 3.05) is 0 Å². The summed E-state index contributed by atoms with van der Waals surface area (Å²) < 4.78 is 11.1. The first-order valence-electron chi connectivity index (χ1n) is 5.48. The van der Waals surface area contributed by atoms with Crippen molar-refractivity contribution in [3.05, 3.63) is 47.4 Å². The van der Waals surface area contributed by atoms with Crippen LogP contribution in [0.1, 0.15) is 5.56 Å². The minimum Gasteiger partial charge on any atom is -0.444 e. The summed E-state index contributed by atoms with van der Waals surface area (Å²) in [5, 5.41) is 17.2. The fraction of sp³-hybridized carbons (Fsp3) is 0. The highest BCUT2D eigenvalue weighted by Gasteiger charge is 2.14. The molecule has 0 fully saturated rings. The zero-order chi connectivity index (χ0) is 13.9. The van der Waals surface area contributed by atoms with Gasteiger partial charge in [-0.2, -0.15) is 9.64 Å². The van der Waals surface area contributed by atoms with E-state index in [2.05, 4.69) is 14.7 Å². The summed E-state index contributed by atoms with van der Waals surface area (Å²) in [4.78, 5) is 0. The van der Waals surface area contributed by atoms with E-state index in [-0.39, 0.29) is 10.7 Å². The van der Waals surface area contributed by atoms with Crippen molar-refractivity contribution in [3.8, 4) is 22.6 Å². The highest BCUT2D eigenvalue weighted by Crippen LogP contribution is 2.34. The third-order valence-corrected chi connectivity index (χ3v) is 3.55. The molecule has 0 atom stereocenters. The van der Waals surface area contributed by atoms with Gasteiger partial charge in [-0.1, -0.05) is 22.9 Å². The first kappa shape index (κ1) is 12.6. The molecule has 0 radical (unpaired) electrons. The molecule has 3 rings (SSSR count). The van der Waals surface area contributed by atoms with Crippen LogP contribution < -0.4 is 4.74 Å². The Labute approximate surface area is 123 Å². The van der Waals surface area contributed by atoms with Crippen LogP contribution in [-0.4, -0.2) is 19.4 Å². The summed E-state index contributed by atoms with van der Waals surface area (Å²) in [6, 6.07) is 9.21. The van der Waals surface area contributed by atoms with Crippen molar-refractivity contribution < 1.29 is 4.74 Å². The average molecular weight is 304 g/mol. The topological polar surface area (TPSA) is 76.6 Å². The first-order chi connectivity index (χ1) is 9.78. The lowest BCUT2D eigenvalue weighted by atomic mass is 10.3. The SMILES string of the molecule is N#Cc1c(Cl)nsc1Oc1cccc(-n2ccnn2)c1. The standard InChI is InChI=1S/C12H6ClN5OS/c13-11-10(7-14)12(20-16-11)19-9-3-1-2-8(6-9)18-5-4-15-17-18/h1-6H. The lowest BCUT2D eigenvalue weighted by Crippen LogP contribution is -1.95. The van der Waals surface area contributed by atoms with Gasteiger partial charge < -0.3 is 4.74 Å². The van der Waals surface area contributed by atoms with Crippen LogP contribution in [-0.2, 0) is 0 Å². The molecule has 98 valence electrons. The van der Waals surface area contributed by atoms with Crippen LogP contribution >= 0.6 is 23.1 Å². The molecule has 0 saturated carbocycles. The second-order valence-electron chi connectivity index (χ2n) is 3.69. The fourth-order valence-electron chi connectivity index (χ4n) is 1.56. The van der Waals surface area contributed by atoms with Crippen LogP contribution in [0.2, 0.25) is 5.15 Å². The van der Waals surface area contributed by atoms with Gasteiger partial charge in [0.25, 0.3) is 0 Å². The number of aromatic nitrogens is 4. The molecule has 0 saturated heterocycles. The zero-order valence-corrected chi connectivity index (χ0v) is 11.5. The molecule has 0 N–H and O–H groups in total. The minimum absolute atomic E-state index is 0.153. The van der Waals surface area contributed by atoms with E-state index < -0.39 is 0 Å². The molecule has 0 aliphatic carbocycles. The van der Waals surface area contributed by atoms with E-state index in [1.807, 2.05) is 18.2 Å². The predicted octanol–water partition coefficient (Wildman–Crippen LogP) is 3.04. The quantitative estimate of drug-likeness (QED) is 0.743. The van der Waals surface area contributed by atoms with E-state index >= 15 is 0 Å². The molecule has 0 amide bonds. The van der Waals surface area contributed by atoms with E-state index in [0.717, 1.165) is 17.2 Å². The first-order valence-corrected chi connectivity index (χ1v) is 6.63. The number of ether oxygens (including phenoxy) is 1. The smallest absolute Gasteiger partial charge is 0.219 e. The van der Waals surface area contributed by atoms with E-state index in [1.54, 1.807) is 29.2 Å². The third kappa shape index (κ3) is 2.34. The van der Waals surface area contributed by atoms with Crippen molar-refractivity contribution in [2.24, 2.45) is 0 Å². The molecule has 0 spiro atoms. The molecule has 0 aliphatic heterocycles. The number of nitriles is 1. The van der Waals surface area contributed by atoms with Crippen molar-refractivity contribution in [1.29, 1.82) is 5.26 Å². The maximum Gasteiger partial charge on any atom is 0.219 e. The third-order valence-electron chi connectivity index (χ3n) is 2.45. The van der Waals surface area contributed by atoms with E-state index in [0.29, 0.717) is 10.8 Å². The number of benzene rings is 1. The largest absolute Gasteiger partial charge is 0.444 e. The maximum absolute atomic E-state index is 9.00. The lowest BCUT2D eigenvalue weighted by Gasteiger charge is -2.05. The van der Waals surface area contributed by atoms with Crippen LogP contribution in [0.3, 0.4) is 0 Å².